The van der Waals surface area contributed by atoms with Crippen molar-refractivity contribution in [2.45, 2.75) is 51.3 Å². The molecule has 2 amide bonds. The van der Waals surface area contributed by atoms with E-state index in [0.29, 0.717) is 17.0 Å². The first-order valence-electron chi connectivity index (χ1n) is 10.5. The summed E-state index contributed by atoms with van der Waals surface area (Å²) in [5.74, 6) is 0.287. The summed E-state index contributed by atoms with van der Waals surface area (Å²) in [7, 11) is 0. The second kappa shape index (κ2) is 9.71. The molecule has 7 heteroatoms. The SMILES string of the molecule is C[C@H](NC(=O)CC(C)(C)N1CC[C@@H](Oc2cccc(Cl)c2)C1)c1ccc(C(N)=O)cc1. The average Bonchev–Trinajstić information content (AvgIpc) is 3.17. The number of amides is 2. The van der Waals surface area contributed by atoms with Gasteiger partial charge in [0, 0.05) is 35.6 Å². The van der Waals surface area contributed by atoms with Crippen LogP contribution in [0.4, 0.5) is 0 Å². The molecule has 166 valence electrons. The number of hydrogen-bond acceptors (Lipinski definition) is 4. The second-order valence-electron chi connectivity index (χ2n) is 8.70. The Bertz CT molecular complexity index is 930. The number of likely N-dealkylation sites (tertiary alicyclic amines) is 1. The van der Waals surface area contributed by atoms with E-state index in [1.807, 2.05) is 43.3 Å². The fourth-order valence-corrected chi connectivity index (χ4v) is 4.10. The minimum absolute atomic E-state index is 0.0179. The van der Waals surface area contributed by atoms with E-state index in [0.717, 1.165) is 30.8 Å². The Hall–Kier alpha value is -2.57. The van der Waals surface area contributed by atoms with Crippen LogP contribution in [0.3, 0.4) is 0 Å². The molecule has 1 heterocycles. The van der Waals surface area contributed by atoms with Gasteiger partial charge in [-0.25, -0.2) is 0 Å². The number of ether oxygens (including phenoxy) is 1. The number of carbonyl (C=O) groups is 2. The lowest BCUT2D eigenvalue weighted by Gasteiger charge is -2.35. The molecular formula is C24H30ClN3O3. The van der Waals surface area contributed by atoms with Crippen LogP contribution in [0.2, 0.25) is 5.02 Å². The van der Waals surface area contributed by atoms with Crippen molar-refractivity contribution in [3.05, 3.63) is 64.7 Å². The molecule has 0 radical (unpaired) electrons. The molecule has 1 aliphatic heterocycles. The predicted octanol–water partition coefficient (Wildman–Crippen LogP) is 3.94. The molecule has 1 fully saturated rings. The van der Waals surface area contributed by atoms with Crippen molar-refractivity contribution in [3.63, 3.8) is 0 Å². The van der Waals surface area contributed by atoms with Gasteiger partial charge in [-0.1, -0.05) is 29.8 Å². The molecule has 0 aromatic heterocycles. The van der Waals surface area contributed by atoms with Gasteiger partial charge < -0.3 is 15.8 Å². The summed E-state index contributed by atoms with van der Waals surface area (Å²) >= 11 is 6.04. The molecule has 3 rings (SSSR count). The number of halogens is 1. The summed E-state index contributed by atoms with van der Waals surface area (Å²) in [6, 6.07) is 14.2. The monoisotopic (exact) mass is 443 g/mol. The highest BCUT2D eigenvalue weighted by Crippen LogP contribution is 2.28. The van der Waals surface area contributed by atoms with Crippen molar-refractivity contribution in [2.24, 2.45) is 5.73 Å². The first kappa shape index (κ1) is 23.1. The molecule has 1 saturated heterocycles. The summed E-state index contributed by atoms with van der Waals surface area (Å²) in [6.45, 7) is 7.72. The van der Waals surface area contributed by atoms with Crippen LogP contribution < -0.4 is 15.8 Å². The minimum atomic E-state index is -0.465. The molecule has 3 N–H and O–H groups in total. The maximum absolute atomic E-state index is 12.7. The summed E-state index contributed by atoms with van der Waals surface area (Å²) in [5, 5.41) is 3.71. The Labute approximate surface area is 188 Å². The van der Waals surface area contributed by atoms with Crippen LogP contribution in [0, 0.1) is 0 Å². The zero-order chi connectivity index (χ0) is 22.6. The third-order valence-electron chi connectivity index (χ3n) is 5.77. The molecule has 0 unspecified atom stereocenters. The van der Waals surface area contributed by atoms with E-state index < -0.39 is 5.91 Å². The highest BCUT2D eigenvalue weighted by molar-refractivity contribution is 6.30. The summed E-state index contributed by atoms with van der Waals surface area (Å²) in [5.41, 5.74) is 6.36. The van der Waals surface area contributed by atoms with Crippen LogP contribution in [0.1, 0.15) is 55.6 Å². The lowest BCUT2D eigenvalue weighted by molar-refractivity contribution is -0.124. The van der Waals surface area contributed by atoms with E-state index in [2.05, 4.69) is 24.1 Å². The number of hydrogen-bond donors (Lipinski definition) is 2. The fraction of sp³-hybridized carbons (Fsp3) is 0.417. The van der Waals surface area contributed by atoms with Gasteiger partial charge in [0.2, 0.25) is 11.8 Å². The third-order valence-corrected chi connectivity index (χ3v) is 6.00. The van der Waals surface area contributed by atoms with Gasteiger partial charge in [-0.3, -0.25) is 14.5 Å². The maximum Gasteiger partial charge on any atom is 0.248 e. The standard InChI is InChI=1S/C24H30ClN3O3/c1-16(17-7-9-18(10-8-17)23(26)30)27-22(29)14-24(2,3)28-12-11-21(15-28)31-20-6-4-5-19(25)13-20/h4-10,13,16,21H,11-12,14-15H2,1-3H3,(H2,26,30)(H,27,29)/t16-,21+/m0/s1. The van der Waals surface area contributed by atoms with E-state index in [-0.39, 0.29) is 23.6 Å². The molecule has 0 bridgehead atoms. The number of rotatable bonds is 8. The first-order valence-corrected chi connectivity index (χ1v) is 10.9. The molecule has 6 nitrogen and oxygen atoms in total. The van der Waals surface area contributed by atoms with Crippen molar-refractivity contribution < 1.29 is 14.3 Å². The highest BCUT2D eigenvalue weighted by atomic mass is 35.5. The maximum atomic E-state index is 12.7. The number of nitrogens with one attached hydrogen (secondary N) is 1. The van der Waals surface area contributed by atoms with Crippen LogP contribution in [-0.2, 0) is 4.79 Å². The summed E-state index contributed by atoms with van der Waals surface area (Å²) < 4.78 is 6.08. The van der Waals surface area contributed by atoms with Gasteiger partial charge in [-0.15, -0.1) is 0 Å². The zero-order valence-corrected chi connectivity index (χ0v) is 19.0. The Kier molecular flexibility index (Phi) is 7.23. The molecule has 1 aliphatic rings. The number of benzene rings is 2. The number of nitrogens with two attached hydrogens (primary N) is 1. The Morgan fingerprint density at radius 1 is 1.26 bits per heavy atom. The predicted molar refractivity (Wildman–Crippen MR) is 122 cm³/mol. The minimum Gasteiger partial charge on any atom is -0.489 e. The topological polar surface area (TPSA) is 84.7 Å². The Morgan fingerprint density at radius 3 is 2.61 bits per heavy atom. The summed E-state index contributed by atoms with van der Waals surface area (Å²) in [6.07, 6.45) is 1.35. The second-order valence-corrected chi connectivity index (χ2v) is 9.13. The number of nitrogens with zero attached hydrogens (tertiary/aromatic N) is 1. The van der Waals surface area contributed by atoms with Crippen LogP contribution >= 0.6 is 11.6 Å². The molecular weight excluding hydrogens is 414 g/mol. The van der Waals surface area contributed by atoms with Gasteiger partial charge in [-0.2, -0.15) is 0 Å². The lowest BCUT2D eigenvalue weighted by Crippen LogP contribution is -2.46. The van der Waals surface area contributed by atoms with Gasteiger partial charge in [0.25, 0.3) is 0 Å². The first-order chi connectivity index (χ1) is 14.6. The number of primary amides is 1. The van der Waals surface area contributed by atoms with Crippen LogP contribution in [0.25, 0.3) is 0 Å². The Morgan fingerprint density at radius 2 is 1.97 bits per heavy atom. The molecule has 2 aromatic rings. The lowest BCUT2D eigenvalue weighted by atomic mass is 9.97. The van der Waals surface area contributed by atoms with Gasteiger partial charge in [0.05, 0.1) is 6.04 Å². The van der Waals surface area contributed by atoms with Gasteiger partial charge in [0.15, 0.2) is 0 Å². The van der Waals surface area contributed by atoms with E-state index >= 15 is 0 Å². The summed E-state index contributed by atoms with van der Waals surface area (Å²) in [4.78, 5) is 26.2. The van der Waals surface area contributed by atoms with Crippen molar-refractivity contribution in [2.75, 3.05) is 13.1 Å². The van der Waals surface area contributed by atoms with Gasteiger partial charge in [-0.05, 0) is 63.1 Å². The molecule has 2 aromatic carbocycles. The van der Waals surface area contributed by atoms with Crippen molar-refractivity contribution >= 4 is 23.4 Å². The van der Waals surface area contributed by atoms with E-state index in [4.69, 9.17) is 22.1 Å². The molecule has 0 saturated carbocycles. The molecule has 0 spiro atoms. The van der Waals surface area contributed by atoms with Crippen molar-refractivity contribution in [1.29, 1.82) is 0 Å². The largest absolute Gasteiger partial charge is 0.489 e. The van der Waals surface area contributed by atoms with Crippen molar-refractivity contribution in [3.8, 4) is 5.75 Å². The average molecular weight is 444 g/mol. The Balaban J connectivity index is 1.52. The van der Waals surface area contributed by atoms with E-state index in [1.165, 1.54) is 0 Å². The molecule has 31 heavy (non-hydrogen) atoms. The smallest absolute Gasteiger partial charge is 0.248 e. The van der Waals surface area contributed by atoms with Crippen LogP contribution in [-0.4, -0.2) is 41.4 Å². The van der Waals surface area contributed by atoms with Crippen LogP contribution in [0.5, 0.6) is 5.75 Å². The third kappa shape index (κ3) is 6.21. The fourth-order valence-electron chi connectivity index (χ4n) is 3.92. The quantitative estimate of drug-likeness (QED) is 0.647. The molecule has 0 aliphatic carbocycles. The number of carbonyl (C=O) groups excluding carboxylic acids is 2. The van der Waals surface area contributed by atoms with Gasteiger partial charge in [0.1, 0.15) is 11.9 Å². The van der Waals surface area contributed by atoms with Crippen molar-refractivity contribution in [1.82, 2.24) is 10.2 Å². The normalized spacial score (nSPS) is 17.9. The zero-order valence-electron chi connectivity index (χ0n) is 18.2. The highest BCUT2D eigenvalue weighted by Gasteiger charge is 2.36. The van der Waals surface area contributed by atoms with Crippen LogP contribution in [0.15, 0.2) is 48.5 Å². The molecule has 2 atom stereocenters. The van der Waals surface area contributed by atoms with Gasteiger partial charge >= 0.3 is 0 Å². The van der Waals surface area contributed by atoms with E-state index in [1.54, 1.807) is 12.1 Å². The van der Waals surface area contributed by atoms with E-state index in [9.17, 15) is 9.59 Å².